The fourth-order valence-electron chi connectivity index (χ4n) is 3.34. The standard InChI is InChI=1S/C20H21N3O4S2/c1-2-13-5-7-16-18(11-13)28-20(21-16)22-19(25)15-12-14(6-8-17(15)24)29(26,27)23-9-3-4-10-23/h5-8,11-12,24H,2-4,9-10H2,1H3,(H,21,22,25). The zero-order chi connectivity index (χ0) is 20.6. The molecular formula is C20H21N3O4S2. The summed E-state index contributed by atoms with van der Waals surface area (Å²) in [6.45, 7) is 3.00. The van der Waals surface area contributed by atoms with Gasteiger partial charge in [0, 0.05) is 13.1 Å². The van der Waals surface area contributed by atoms with Crippen LogP contribution in [0.5, 0.6) is 5.75 Å². The number of hydrogen-bond donors (Lipinski definition) is 2. The number of sulfonamides is 1. The minimum atomic E-state index is -3.68. The van der Waals surface area contributed by atoms with Crippen molar-refractivity contribution >= 4 is 42.6 Å². The van der Waals surface area contributed by atoms with Crippen LogP contribution >= 0.6 is 11.3 Å². The molecule has 7 nitrogen and oxygen atoms in total. The van der Waals surface area contributed by atoms with Crippen molar-refractivity contribution in [2.24, 2.45) is 0 Å². The van der Waals surface area contributed by atoms with E-state index in [9.17, 15) is 18.3 Å². The lowest BCUT2D eigenvalue weighted by molar-refractivity contribution is 0.102. The Morgan fingerprint density at radius 1 is 1.21 bits per heavy atom. The lowest BCUT2D eigenvalue weighted by Crippen LogP contribution is -2.28. The number of thiazole rings is 1. The lowest BCUT2D eigenvalue weighted by atomic mass is 10.2. The van der Waals surface area contributed by atoms with Gasteiger partial charge in [0.1, 0.15) is 5.75 Å². The SMILES string of the molecule is CCc1ccc2nc(NC(=O)c3cc(S(=O)(=O)N4CCCC4)ccc3O)sc2c1. The third-order valence-electron chi connectivity index (χ3n) is 5.00. The van der Waals surface area contributed by atoms with E-state index in [4.69, 9.17) is 0 Å². The third kappa shape index (κ3) is 3.85. The summed E-state index contributed by atoms with van der Waals surface area (Å²) in [5, 5.41) is 13.2. The summed E-state index contributed by atoms with van der Waals surface area (Å²) in [7, 11) is -3.68. The fourth-order valence-corrected chi connectivity index (χ4v) is 5.81. The van der Waals surface area contributed by atoms with Gasteiger partial charge in [-0.1, -0.05) is 24.3 Å². The second-order valence-corrected chi connectivity index (χ2v) is 9.89. The Bertz CT molecular complexity index is 1180. The first-order valence-electron chi connectivity index (χ1n) is 9.42. The largest absolute Gasteiger partial charge is 0.507 e. The van der Waals surface area contributed by atoms with Crippen LogP contribution in [-0.4, -0.2) is 41.8 Å². The highest BCUT2D eigenvalue weighted by Crippen LogP contribution is 2.29. The smallest absolute Gasteiger partial charge is 0.261 e. The van der Waals surface area contributed by atoms with Crippen molar-refractivity contribution < 1.29 is 18.3 Å². The van der Waals surface area contributed by atoms with Crippen molar-refractivity contribution in [1.82, 2.24) is 9.29 Å². The Hall–Kier alpha value is -2.49. The number of carbonyl (C=O) groups excluding carboxylic acids is 1. The zero-order valence-corrected chi connectivity index (χ0v) is 17.5. The van der Waals surface area contributed by atoms with Crippen LogP contribution in [0.1, 0.15) is 35.7 Å². The average molecular weight is 432 g/mol. The maximum Gasteiger partial charge on any atom is 0.261 e. The molecule has 1 amide bonds. The molecule has 29 heavy (non-hydrogen) atoms. The highest BCUT2D eigenvalue weighted by molar-refractivity contribution is 7.89. The van der Waals surface area contributed by atoms with Gasteiger partial charge < -0.3 is 5.11 Å². The molecule has 1 fully saturated rings. The molecular weight excluding hydrogens is 410 g/mol. The van der Waals surface area contributed by atoms with E-state index in [0.717, 1.165) is 29.5 Å². The number of phenols is 1. The first-order chi connectivity index (χ1) is 13.9. The van der Waals surface area contributed by atoms with Crippen LogP contribution in [0, 0.1) is 0 Å². The van der Waals surface area contributed by atoms with Gasteiger partial charge in [-0.2, -0.15) is 4.31 Å². The molecule has 0 aliphatic carbocycles. The number of aryl methyl sites for hydroxylation is 1. The fraction of sp³-hybridized carbons (Fsp3) is 0.300. The summed E-state index contributed by atoms with van der Waals surface area (Å²) < 4.78 is 27.9. The molecule has 1 aliphatic rings. The van der Waals surface area contributed by atoms with Crippen molar-refractivity contribution in [3.63, 3.8) is 0 Å². The van der Waals surface area contributed by atoms with Gasteiger partial charge in [-0.05, 0) is 55.2 Å². The Labute approximate surface area is 173 Å². The number of rotatable bonds is 5. The molecule has 0 atom stereocenters. The first kappa shape index (κ1) is 19.8. The van der Waals surface area contributed by atoms with E-state index in [-0.39, 0.29) is 16.2 Å². The van der Waals surface area contributed by atoms with Crippen LogP contribution in [0.4, 0.5) is 5.13 Å². The third-order valence-corrected chi connectivity index (χ3v) is 7.83. The monoisotopic (exact) mass is 431 g/mol. The Morgan fingerprint density at radius 3 is 2.69 bits per heavy atom. The molecule has 1 aliphatic heterocycles. The van der Waals surface area contributed by atoms with Gasteiger partial charge in [0.25, 0.3) is 5.91 Å². The number of benzene rings is 2. The number of phenolic OH excluding ortho intramolecular Hbond substituents is 1. The lowest BCUT2D eigenvalue weighted by Gasteiger charge is -2.16. The molecule has 9 heteroatoms. The number of carbonyl (C=O) groups is 1. The summed E-state index contributed by atoms with van der Waals surface area (Å²) >= 11 is 1.33. The summed E-state index contributed by atoms with van der Waals surface area (Å²) in [5.41, 5.74) is 1.85. The molecule has 0 spiro atoms. The van der Waals surface area contributed by atoms with Crippen molar-refractivity contribution in [3.8, 4) is 5.75 Å². The Kier molecular flexibility index (Phi) is 5.28. The number of hydrogen-bond acceptors (Lipinski definition) is 6. The van der Waals surface area contributed by atoms with Crippen molar-refractivity contribution in [3.05, 3.63) is 47.5 Å². The number of amides is 1. The van der Waals surface area contributed by atoms with Crippen molar-refractivity contribution in [1.29, 1.82) is 0 Å². The molecule has 0 saturated carbocycles. The van der Waals surface area contributed by atoms with Crippen LogP contribution in [0.15, 0.2) is 41.3 Å². The molecule has 2 N–H and O–H groups in total. The van der Waals surface area contributed by atoms with Crippen LogP contribution in [-0.2, 0) is 16.4 Å². The summed E-state index contributed by atoms with van der Waals surface area (Å²) in [6, 6.07) is 9.71. The average Bonchev–Trinajstić information content (AvgIpc) is 3.37. The maximum absolute atomic E-state index is 12.8. The number of nitrogens with one attached hydrogen (secondary N) is 1. The van der Waals surface area contributed by atoms with E-state index in [0.29, 0.717) is 18.2 Å². The molecule has 0 radical (unpaired) electrons. The molecule has 2 aromatic carbocycles. The highest BCUT2D eigenvalue weighted by atomic mass is 32.2. The van der Waals surface area contributed by atoms with Gasteiger partial charge in [-0.3, -0.25) is 10.1 Å². The summed E-state index contributed by atoms with van der Waals surface area (Å²) in [6.07, 6.45) is 2.55. The molecule has 0 bridgehead atoms. The van der Waals surface area contributed by atoms with Crippen molar-refractivity contribution in [2.75, 3.05) is 18.4 Å². The van der Waals surface area contributed by atoms with Gasteiger partial charge in [0.15, 0.2) is 5.13 Å². The number of anilines is 1. The minimum absolute atomic E-state index is 0.000706. The van der Waals surface area contributed by atoms with Crippen LogP contribution in [0.25, 0.3) is 10.2 Å². The number of aromatic nitrogens is 1. The van der Waals surface area contributed by atoms with Gasteiger partial charge in [-0.15, -0.1) is 0 Å². The van der Waals surface area contributed by atoms with E-state index < -0.39 is 15.9 Å². The van der Waals surface area contributed by atoms with Crippen LogP contribution < -0.4 is 5.32 Å². The number of fused-ring (bicyclic) bond motifs is 1. The van der Waals surface area contributed by atoms with E-state index in [2.05, 4.69) is 17.2 Å². The maximum atomic E-state index is 12.8. The number of aromatic hydroxyl groups is 1. The van der Waals surface area contributed by atoms with E-state index in [1.807, 2.05) is 18.2 Å². The van der Waals surface area contributed by atoms with Crippen LogP contribution in [0.2, 0.25) is 0 Å². The van der Waals surface area contributed by atoms with E-state index >= 15 is 0 Å². The quantitative estimate of drug-likeness (QED) is 0.643. The second-order valence-electron chi connectivity index (χ2n) is 6.92. The first-order valence-corrected chi connectivity index (χ1v) is 11.7. The normalized spacial score (nSPS) is 15.1. The second kappa shape index (κ2) is 7.74. The Balaban J connectivity index is 1.61. The predicted octanol–water partition coefficient (Wildman–Crippen LogP) is 3.60. The minimum Gasteiger partial charge on any atom is -0.507 e. The van der Waals surface area contributed by atoms with Crippen LogP contribution in [0.3, 0.4) is 0 Å². The van der Waals surface area contributed by atoms with Gasteiger partial charge in [0.2, 0.25) is 10.0 Å². The molecule has 1 aromatic heterocycles. The molecule has 4 rings (SSSR count). The molecule has 1 saturated heterocycles. The predicted molar refractivity (Wildman–Crippen MR) is 113 cm³/mol. The van der Waals surface area contributed by atoms with Gasteiger partial charge >= 0.3 is 0 Å². The molecule has 2 heterocycles. The topological polar surface area (TPSA) is 99.6 Å². The molecule has 152 valence electrons. The summed E-state index contributed by atoms with van der Waals surface area (Å²) in [4.78, 5) is 17.1. The van der Waals surface area contributed by atoms with Gasteiger partial charge in [-0.25, -0.2) is 13.4 Å². The summed E-state index contributed by atoms with van der Waals surface area (Å²) in [5.74, 6) is -0.881. The highest BCUT2D eigenvalue weighted by Gasteiger charge is 2.28. The Morgan fingerprint density at radius 2 is 1.97 bits per heavy atom. The van der Waals surface area contributed by atoms with Crippen molar-refractivity contribution in [2.45, 2.75) is 31.1 Å². The molecule has 0 unspecified atom stereocenters. The van der Waals surface area contributed by atoms with E-state index in [1.165, 1.54) is 39.4 Å². The molecule has 3 aromatic rings. The number of nitrogens with zero attached hydrogens (tertiary/aromatic N) is 2. The van der Waals surface area contributed by atoms with E-state index in [1.54, 1.807) is 0 Å². The van der Waals surface area contributed by atoms with Gasteiger partial charge in [0.05, 0.1) is 20.7 Å². The zero-order valence-electron chi connectivity index (χ0n) is 15.9.